The van der Waals surface area contributed by atoms with Gasteiger partial charge in [0.1, 0.15) is 18.2 Å². The van der Waals surface area contributed by atoms with Crippen molar-refractivity contribution in [3.8, 4) is 11.5 Å². The average Bonchev–Trinajstić information content (AvgIpc) is 3.25. The summed E-state index contributed by atoms with van der Waals surface area (Å²) < 4.78 is 5.31. The Hall–Kier alpha value is -3.24. The molecule has 0 bridgehead atoms. The minimum Gasteiger partial charge on any atom is -0.418 e. The number of carbonyl (C=O) groups excluding carboxylic acids is 1. The number of urea groups is 1. The highest BCUT2D eigenvalue weighted by Gasteiger charge is 2.24. The van der Waals surface area contributed by atoms with Crippen LogP contribution in [-0.2, 0) is 6.61 Å². The van der Waals surface area contributed by atoms with Crippen molar-refractivity contribution in [2.75, 3.05) is 36.4 Å². The number of hydrogen-bond donors (Lipinski definition) is 2. The van der Waals surface area contributed by atoms with E-state index in [1.165, 1.54) is 0 Å². The van der Waals surface area contributed by atoms with Crippen LogP contribution >= 0.6 is 11.6 Å². The molecule has 1 aliphatic heterocycles. The first-order valence-electron chi connectivity index (χ1n) is 9.36. The van der Waals surface area contributed by atoms with Gasteiger partial charge in [0.05, 0.1) is 10.6 Å². The number of aryl methyl sites for hydroxylation is 1. The Morgan fingerprint density at radius 3 is 2.63 bits per heavy atom. The molecule has 3 aromatic heterocycles. The van der Waals surface area contributed by atoms with E-state index in [2.05, 4.69) is 25.5 Å². The molecule has 3 aromatic rings. The molecule has 11 heteroatoms. The zero-order chi connectivity index (χ0) is 21.1. The molecule has 1 saturated heterocycles. The van der Waals surface area contributed by atoms with E-state index in [9.17, 15) is 4.79 Å². The lowest BCUT2D eigenvalue weighted by molar-refractivity contribution is 0.208. The quantitative estimate of drug-likeness (QED) is 0.648. The summed E-state index contributed by atoms with van der Waals surface area (Å²) in [6.07, 6.45) is 3.31. The normalized spacial score (nSPS) is 14.1. The van der Waals surface area contributed by atoms with E-state index in [1.807, 2.05) is 17.9 Å². The smallest absolute Gasteiger partial charge is 0.323 e. The van der Waals surface area contributed by atoms with Gasteiger partial charge in [-0.25, -0.2) is 14.8 Å². The Balaban J connectivity index is 1.37. The lowest BCUT2D eigenvalue weighted by Crippen LogP contribution is -2.50. The molecular formula is C19H20ClN7O3. The summed E-state index contributed by atoms with van der Waals surface area (Å²) in [5.41, 5.74) is 1.60. The summed E-state index contributed by atoms with van der Waals surface area (Å²) in [6.45, 7) is 3.86. The van der Waals surface area contributed by atoms with Gasteiger partial charge in [-0.1, -0.05) is 17.7 Å². The van der Waals surface area contributed by atoms with Crippen LogP contribution in [-0.4, -0.2) is 62.4 Å². The standard InChI is InChI=1S/C19H20ClN7O3/c1-12-2-3-15(21-9-12)23-19(29)27-6-4-26(5-7-27)17-14(20)8-13(10-22-17)18-25-24-16(11-28)30-18/h2-3,8-10,28H,4-7,11H2,1H3,(H,21,23,29). The average molecular weight is 430 g/mol. The molecule has 0 radical (unpaired) electrons. The van der Waals surface area contributed by atoms with Gasteiger partial charge in [-0.3, -0.25) is 5.32 Å². The largest absolute Gasteiger partial charge is 0.418 e. The van der Waals surface area contributed by atoms with E-state index < -0.39 is 0 Å². The van der Waals surface area contributed by atoms with Crippen LogP contribution in [0, 0.1) is 6.92 Å². The van der Waals surface area contributed by atoms with Gasteiger partial charge in [-0.05, 0) is 24.6 Å². The maximum absolute atomic E-state index is 12.5. The third-order valence-electron chi connectivity index (χ3n) is 4.68. The van der Waals surface area contributed by atoms with E-state index in [-0.39, 0.29) is 24.4 Å². The molecule has 4 heterocycles. The molecule has 1 aliphatic rings. The molecule has 4 rings (SSSR count). The summed E-state index contributed by atoms with van der Waals surface area (Å²) in [4.78, 5) is 24.9. The monoisotopic (exact) mass is 429 g/mol. The number of aromatic nitrogens is 4. The zero-order valence-electron chi connectivity index (χ0n) is 16.2. The Labute approximate surface area is 177 Å². The first-order chi connectivity index (χ1) is 14.5. The van der Waals surface area contributed by atoms with Crippen LogP contribution in [0.2, 0.25) is 5.02 Å². The first-order valence-corrected chi connectivity index (χ1v) is 9.74. The molecule has 1 fully saturated rings. The number of aliphatic hydroxyl groups is 1. The molecule has 0 spiro atoms. The molecule has 0 unspecified atom stereocenters. The number of halogens is 1. The molecule has 156 valence electrons. The maximum Gasteiger partial charge on any atom is 0.323 e. The number of anilines is 2. The van der Waals surface area contributed by atoms with Crippen molar-refractivity contribution in [1.29, 1.82) is 0 Å². The lowest BCUT2D eigenvalue weighted by Gasteiger charge is -2.35. The Morgan fingerprint density at radius 1 is 1.20 bits per heavy atom. The second-order valence-electron chi connectivity index (χ2n) is 6.81. The number of carbonyl (C=O) groups is 1. The van der Waals surface area contributed by atoms with E-state index >= 15 is 0 Å². The predicted molar refractivity (Wildman–Crippen MR) is 110 cm³/mol. The molecule has 10 nitrogen and oxygen atoms in total. The summed E-state index contributed by atoms with van der Waals surface area (Å²) in [5.74, 6) is 1.52. The van der Waals surface area contributed by atoms with Crippen molar-refractivity contribution in [1.82, 2.24) is 25.1 Å². The van der Waals surface area contributed by atoms with Crippen molar-refractivity contribution in [3.05, 3.63) is 47.1 Å². The summed E-state index contributed by atoms with van der Waals surface area (Å²) in [5, 5.41) is 19.9. The van der Waals surface area contributed by atoms with E-state index in [4.69, 9.17) is 21.1 Å². The number of piperazine rings is 1. The van der Waals surface area contributed by atoms with Crippen molar-refractivity contribution < 1.29 is 14.3 Å². The fourth-order valence-electron chi connectivity index (χ4n) is 3.07. The summed E-state index contributed by atoms with van der Waals surface area (Å²) in [7, 11) is 0. The van der Waals surface area contributed by atoms with Crippen LogP contribution in [0.3, 0.4) is 0 Å². The highest BCUT2D eigenvalue weighted by Crippen LogP contribution is 2.29. The molecule has 0 aromatic carbocycles. The van der Waals surface area contributed by atoms with Crippen LogP contribution < -0.4 is 10.2 Å². The Kier molecular flexibility index (Phi) is 5.77. The van der Waals surface area contributed by atoms with Gasteiger partial charge in [0.2, 0.25) is 11.8 Å². The number of rotatable bonds is 4. The minimum absolute atomic E-state index is 0.125. The second kappa shape index (κ2) is 8.64. The highest BCUT2D eigenvalue weighted by atomic mass is 35.5. The number of pyridine rings is 2. The molecule has 0 atom stereocenters. The molecular weight excluding hydrogens is 410 g/mol. The number of nitrogens with zero attached hydrogens (tertiary/aromatic N) is 6. The molecule has 2 N–H and O–H groups in total. The highest BCUT2D eigenvalue weighted by molar-refractivity contribution is 6.33. The van der Waals surface area contributed by atoms with Crippen LogP contribution in [0.15, 0.2) is 35.0 Å². The van der Waals surface area contributed by atoms with Gasteiger partial charge >= 0.3 is 6.03 Å². The topological polar surface area (TPSA) is 121 Å². The fourth-order valence-corrected chi connectivity index (χ4v) is 3.35. The number of amides is 2. The summed E-state index contributed by atoms with van der Waals surface area (Å²) in [6, 6.07) is 5.19. The zero-order valence-corrected chi connectivity index (χ0v) is 17.0. The fraction of sp³-hybridized carbons (Fsp3) is 0.316. The van der Waals surface area contributed by atoms with Crippen molar-refractivity contribution in [2.45, 2.75) is 13.5 Å². The Morgan fingerprint density at radius 2 is 2.00 bits per heavy atom. The van der Waals surface area contributed by atoms with Gasteiger partial charge < -0.3 is 19.3 Å². The van der Waals surface area contributed by atoms with E-state index in [1.54, 1.807) is 29.4 Å². The molecule has 2 amide bonds. The molecule has 0 saturated carbocycles. The number of nitrogens with one attached hydrogen (secondary N) is 1. The lowest BCUT2D eigenvalue weighted by atomic mass is 10.2. The van der Waals surface area contributed by atoms with Gasteiger partial charge in [-0.15, -0.1) is 10.2 Å². The number of hydrogen-bond acceptors (Lipinski definition) is 8. The third kappa shape index (κ3) is 4.34. The van der Waals surface area contributed by atoms with Crippen LogP contribution in [0.1, 0.15) is 11.5 Å². The minimum atomic E-state index is -0.329. The molecule has 30 heavy (non-hydrogen) atoms. The van der Waals surface area contributed by atoms with Gasteiger partial charge in [0.15, 0.2) is 0 Å². The second-order valence-corrected chi connectivity index (χ2v) is 7.22. The van der Waals surface area contributed by atoms with Crippen LogP contribution in [0.4, 0.5) is 16.4 Å². The third-order valence-corrected chi connectivity index (χ3v) is 4.96. The van der Waals surface area contributed by atoms with Crippen molar-refractivity contribution in [2.24, 2.45) is 0 Å². The number of aliphatic hydroxyl groups excluding tert-OH is 1. The van der Waals surface area contributed by atoms with Crippen molar-refractivity contribution >= 4 is 29.3 Å². The van der Waals surface area contributed by atoms with Crippen LogP contribution in [0.25, 0.3) is 11.5 Å². The Bertz CT molecular complexity index is 1030. The van der Waals surface area contributed by atoms with Crippen LogP contribution in [0.5, 0.6) is 0 Å². The predicted octanol–water partition coefficient (Wildman–Crippen LogP) is 2.33. The van der Waals surface area contributed by atoms with Gasteiger partial charge in [0, 0.05) is 38.6 Å². The van der Waals surface area contributed by atoms with Crippen molar-refractivity contribution in [3.63, 3.8) is 0 Å². The van der Waals surface area contributed by atoms with Gasteiger partial charge in [-0.2, -0.15) is 0 Å². The summed E-state index contributed by atoms with van der Waals surface area (Å²) >= 11 is 6.43. The SMILES string of the molecule is Cc1ccc(NC(=O)N2CCN(c3ncc(-c4nnc(CO)o4)cc3Cl)CC2)nc1. The van der Waals surface area contributed by atoms with Gasteiger partial charge in [0.25, 0.3) is 0 Å². The van der Waals surface area contributed by atoms with E-state index in [0.29, 0.717) is 48.4 Å². The molecule has 0 aliphatic carbocycles. The first kappa shape index (κ1) is 20.0. The van der Waals surface area contributed by atoms with E-state index in [0.717, 1.165) is 5.56 Å². The maximum atomic E-state index is 12.5.